The van der Waals surface area contributed by atoms with E-state index in [4.69, 9.17) is 11.6 Å². The molecule has 1 aliphatic rings. The predicted molar refractivity (Wildman–Crippen MR) is 85.2 cm³/mol. The van der Waals surface area contributed by atoms with Gasteiger partial charge in [0.15, 0.2) is 0 Å². The lowest BCUT2D eigenvalue weighted by molar-refractivity contribution is 0.495. The van der Waals surface area contributed by atoms with Gasteiger partial charge in [-0.15, -0.1) is 0 Å². The highest BCUT2D eigenvalue weighted by atomic mass is 35.5. The molecule has 1 heterocycles. The van der Waals surface area contributed by atoms with Crippen LogP contribution in [0, 0.1) is 5.92 Å². The number of rotatable bonds is 8. The van der Waals surface area contributed by atoms with Crippen LogP contribution in [-0.4, -0.2) is 26.0 Å². The van der Waals surface area contributed by atoms with Crippen molar-refractivity contribution in [2.24, 2.45) is 5.92 Å². The molecular weight excluding hydrogens is 310 g/mol. The summed E-state index contributed by atoms with van der Waals surface area (Å²) in [6.07, 6.45) is 5.46. The van der Waals surface area contributed by atoms with Gasteiger partial charge in [-0.25, -0.2) is 18.1 Å². The third-order valence-electron chi connectivity index (χ3n) is 3.60. The maximum atomic E-state index is 12.4. The number of pyridine rings is 1. The van der Waals surface area contributed by atoms with E-state index in [9.17, 15) is 8.42 Å². The van der Waals surface area contributed by atoms with Gasteiger partial charge >= 0.3 is 0 Å². The Hall–Kier alpha value is -0.850. The zero-order valence-corrected chi connectivity index (χ0v) is 14.0. The molecule has 0 spiro atoms. The highest BCUT2D eigenvalue weighted by Crippen LogP contribution is 2.34. The lowest BCUT2D eigenvalue weighted by atomic mass is 10.1. The average Bonchev–Trinajstić information content (AvgIpc) is 3.24. The molecule has 1 aromatic rings. The second-order valence-electron chi connectivity index (χ2n) is 5.44. The van der Waals surface area contributed by atoms with Crippen LogP contribution < -0.4 is 10.0 Å². The Bertz CT molecular complexity index is 588. The Labute approximate surface area is 131 Å². The Morgan fingerprint density at radius 1 is 1.43 bits per heavy atom. The van der Waals surface area contributed by atoms with E-state index in [2.05, 4.69) is 15.0 Å². The quantitative estimate of drug-likeness (QED) is 0.768. The van der Waals surface area contributed by atoms with Crippen molar-refractivity contribution in [2.75, 3.05) is 11.9 Å². The predicted octanol–water partition coefficient (Wildman–Crippen LogP) is 3.02. The highest BCUT2D eigenvalue weighted by molar-refractivity contribution is 7.89. The van der Waals surface area contributed by atoms with Gasteiger partial charge in [0.2, 0.25) is 10.0 Å². The Morgan fingerprint density at radius 3 is 2.67 bits per heavy atom. The molecule has 0 aliphatic heterocycles. The van der Waals surface area contributed by atoms with Gasteiger partial charge < -0.3 is 5.32 Å². The zero-order valence-electron chi connectivity index (χ0n) is 12.4. The smallest absolute Gasteiger partial charge is 0.242 e. The van der Waals surface area contributed by atoms with Gasteiger partial charge in [-0.2, -0.15) is 0 Å². The van der Waals surface area contributed by atoms with Gasteiger partial charge in [-0.05, 0) is 31.7 Å². The van der Waals surface area contributed by atoms with E-state index in [-0.39, 0.29) is 10.9 Å². The molecule has 21 heavy (non-hydrogen) atoms. The number of hydrogen-bond donors (Lipinski definition) is 2. The summed E-state index contributed by atoms with van der Waals surface area (Å²) in [7, 11) is -3.57. The van der Waals surface area contributed by atoms with Crippen LogP contribution in [0.3, 0.4) is 0 Å². The van der Waals surface area contributed by atoms with Crippen molar-refractivity contribution >= 4 is 27.4 Å². The van der Waals surface area contributed by atoms with Crippen LogP contribution in [-0.2, 0) is 10.0 Å². The van der Waals surface area contributed by atoms with Crippen LogP contribution in [0.2, 0.25) is 5.02 Å². The molecule has 1 aromatic heterocycles. The molecule has 0 aromatic carbocycles. The summed E-state index contributed by atoms with van der Waals surface area (Å²) in [6.45, 7) is 4.60. The Balaban J connectivity index is 2.12. The first-order valence-electron chi connectivity index (χ1n) is 7.38. The van der Waals surface area contributed by atoms with E-state index in [1.807, 2.05) is 13.8 Å². The summed E-state index contributed by atoms with van der Waals surface area (Å²) in [5.41, 5.74) is 0. The summed E-state index contributed by atoms with van der Waals surface area (Å²) in [5.74, 6) is 1.18. The van der Waals surface area contributed by atoms with Crippen molar-refractivity contribution in [2.45, 2.75) is 50.5 Å². The lowest BCUT2D eigenvalue weighted by Crippen LogP contribution is -2.34. The average molecular weight is 332 g/mol. The molecule has 1 atom stereocenters. The number of aromatic nitrogens is 1. The molecule has 1 unspecified atom stereocenters. The maximum Gasteiger partial charge on any atom is 0.242 e. The molecule has 1 saturated carbocycles. The second kappa shape index (κ2) is 6.94. The number of anilines is 1. The third-order valence-corrected chi connectivity index (χ3v) is 5.38. The fraction of sp³-hybridized carbons (Fsp3) is 0.643. The first-order chi connectivity index (χ1) is 9.96. The van der Waals surface area contributed by atoms with Crippen LogP contribution in [0.1, 0.15) is 39.5 Å². The van der Waals surface area contributed by atoms with Gasteiger partial charge in [0, 0.05) is 18.8 Å². The van der Waals surface area contributed by atoms with Crippen molar-refractivity contribution < 1.29 is 8.42 Å². The number of nitrogens with one attached hydrogen (secondary N) is 2. The standard InChI is InChI=1S/C14H22ClN3O2S/c1-3-11(7-10-5-6-10)18-21(19,20)12-8-13(15)14(16-4-2)17-9-12/h8-11,18H,3-7H2,1-2H3,(H,16,17). The molecule has 5 nitrogen and oxygen atoms in total. The maximum absolute atomic E-state index is 12.4. The summed E-state index contributed by atoms with van der Waals surface area (Å²) >= 11 is 6.06. The molecule has 0 amide bonds. The van der Waals surface area contributed by atoms with Crippen molar-refractivity contribution in [1.29, 1.82) is 0 Å². The number of halogens is 1. The molecule has 2 rings (SSSR count). The van der Waals surface area contributed by atoms with Crippen LogP contribution in [0.15, 0.2) is 17.2 Å². The molecule has 1 fully saturated rings. The summed E-state index contributed by atoms with van der Waals surface area (Å²) in [6, 6.07) is 1.42. The summed E-state index contributed by atoms with van der Waals surface area (Å²) in [5, 5.41) is 3.30. The molecule has 1 aliphatic carbocycles. The molecule has 0 radical (unpaired) electrons. The van der Waals surface area contributed by atoms with Gasteiger partial charge in [0.1, 0.15) is 10.7 Å². The van der Waals surface area contributed by atoms with Gasteiger partial charge in [0.05, 0.1) is 5.02 Å². The van der Waals surface area contributed by atoms with Gasteiger partial charge in [-0.3, -0.25) is 0 Å². The van der Waals surface area contributed by atoms with E-state index >= 15 is 0 Å². The Morgan fingerprint density at radius 2 is 2.14 bits per heavy atom. The zero-order chi connectivity index (χ0) is 15.5. The minimum absolute atomic E-state index is 0.0188. The summed E-state index contributed by atoms with van der Waals surface area (Å²) in [4.78, 5) is 4.19. The third kappa shape index (κ3) is 4.56. The molecule has 0 bridgehead atoms. The first-order valence-corrected chi connectivity index (χ1v) is 9.24. The van der Waals surface area contributed by atoms with Crippen LogP contribution >= 0.6 is 11.6 Å². The SMILES string of the molecule is CCNc1ncc(S(=O)(=O)NC(CC)CC2CC2)cc1Cl. The lowest BCUT2D eigenvalue weighted by Gasteiger charge is -2.17. The van der Waals surface area contributed by atoms with E-state index < -0.39 is 10.0 Å². The normalized spacial score (nSPS) is 16.7. The largest absolute Gasteiger partial charge is 0.369 e. The minimum Gasteiger partial charge on any atom is -0.369 e. The van der Waals surface area contributed by atoms with Crippen LogP contribution in [0.25, 0.3) is 0 Å². The fourth-order valence-electron chi connectivity index (χ4n) is 2.21. The number of hydrogen-bond acceptors (Lipinski definition) is 4. The molecule has 2 N–H and O–H groups in total. The van der Waals surface area contributed by atoms with E-state index in [1.54, 1.807) is 0 Å². The van der Waals surface area contributed by atoms with Crippen molar-refractivity contribution in [3.8, 4) is 0 Å². The fourth-order valence-corrected chi connectivity index (χ4v) is 3.81. The highest BCUT2D eigenvalue weighted by Gasteiger charge is 2.28. The van der Waals surface area contributed by atoms with Crippen molar-refractivity contribution in [1.82, 2.24) is 9.71 Å². The van der Waals surface area contributed by atoms with E-state index in [0.29, 0.717) is 23.3 Å². The van der Waals surface area contributed by atoms with E-state index in [1.165, 1.54) is 25.1 Å². The topological polar surface area (TPSA) is 71.1 Å². The summed E-state index contributed by atoms with van der Waals surface area (Å²) < 4.78 is 27.6. The van der Waals surface area contributed by atoms with Crippen LogP contribution in [0.5, 0.6) is 0 Å². The van der Waals surface area contributed by atoms with Crippen LogP contribution in [0.4, 0.5) is 5.82 Å². The van der Waals surface area contributed by atoms with Crippen molar-refractivity contribution in [3.05, 3.63) is 17.3 Å². The van der Waals surface area contributed by atoms with Crippen molar-refractivity contribution in [3.63, 3.8) is 0 Å². The Kier molecular flexibility index (Phi) is 5.46. The number of sulfonamides is 1. The molecule has 7 heteroatoms. The van der Waals surface area contributed by atoms with Gasteiger partial charge in [-0.1, -0.05) is 31.4 Å². The molecular formula is C14H22ClN3O2S. The first kappa shape index (κ1) is 16.5. The van der Waals surface area contributed by atoms with E-state index in [0.717, 1.165) is 12.8 Å². The number of nitrogens with zero attached hydrogens (tertiary/aromatic N) is 1. The minimum atomic E-state index is -3.57. The molecule has 118 valence electrons. The monoisotopic (exact) mass is 331 g/mol. The van der Waals surface area contributed by atoms with Gasteiger partial charge in [0.25, 0.3) is 0 Å². The second-order valence-corrected chi connectivity index (χ2v) is 7.56. The molecule has 0 saturated heterocycles.